The number of benzene rings is 2. The van der Waals surface area contributed by atoms with Gasteiger partial charge in [-0.05, 0) is 86.6 Å². The van der Waals surface area contributed by atoms with Crippen molar-refractivity contribution in [2.24, 2.45) is 20.5 Å². The molecule has 0 saturated carbocycles. The lowest BCUT2D eigenvalue weighted by molar-refractivity contribution is 0.341. The maximum absolute atomic E-state index is 6.22. The Balaban J connectivity index is 1.40. The predicted molar refractivity (Wildman–Crippen MR) is 149 cm³/mol. The van der Waals surface area contributed by atoms with Crippen LogP contribution in [-0.4, -0.2) is 23.2 Å². The number of nitrogens with zero attached hydrogens (tertiary/aromatic N) is 6. The highest BCUT2D eigenvalue weighted by molar-refractivity contribution is 5.71. The summed E-state index contributed by atoms with van der Waals surface area (Å²) in [6.45, 7) is 4.83. The number of hydrogen-bond donors (Lipinski definition) is 0. The number of furan rings is 1. The van der Waals surface area contributed by atoms with Crippen LogP contribution >= 0.6 is 0 Å². The normalized spacial score (nSPS) is 11.3. The lowest BCUT2D eigenvalue weighted by atomic mass is 10.1. The first-order valence-electron chi connectivity index (χ1n) is 12.5. The van der Waals surface area contributed by atoms with Crippen molar-refractivity contribution in [3.63, 3.8) is 0 Å². The van der Waals surface area contributed by atoms with Crippen molar-refractivity contribution < 1.29 is 13.9 Å². The van der Waals surface area contributed by atoms with Gasteiger partial charge in [-0.1, -0.05) is 12.1 Å². The lowest BCUT2D eigenvalue weighted by Gasteiger charge is -2.09. The van der Waals surface area contributed by atoms with E-state index < -0.39 is 0 Å². The van der Waals surface area contributed by atoms with Gasteiger partial charge in [0.25, 0.3) is 0 Å². The molecule has 0 aliphatic rings. The summed E-state index contributed by atoms with van der Waals surface area (Å²) in [4.78, 5) is 8.35. The second kappa shape index (κ2) is 12.4. The van der Waals surface area contributed by atoms with Crippen molar-refractivity contribution in [3.8, 4) is 34.1 Å². The van der Waals surface area contributed by atoms with Gasteiger partial charge in [0.05, 0.1) is 13.2 Å². The van der Waals surface area contributed by atoms with E-state index in [2.05, 4.69) is 30.4 Å². The first-order valence-corrected chi connectivity index (χ1v) is 12.5. The number of ether oxygens (including phenoxy) is 2. The molecule has 3 heterocycles. The SMILES string of the molecule is CCOc1cc(-c2ccc(-c3ccc(N=Nc4ccccn4)c(OCC)c3)o2)ccc1N=Nc1ccccn1. The van der Waals surface area contributed by atoms with Crippen molar-refractivity contribution in [2.75, 3.05) is 13.2 Å². The van der Waals surface area contributed by atoms with Crippen molar-refractivity contribution in [1.29, 1.82) is 0 Å². The van der Waals surface area contributed by atoms with Crippen molar-refractivity contribution >= 4 is 23.0 Å². The van der Waals surface area contributed by atoms with Gasteiger partial charge >= 0.3 is 0 Å². The van der Waals surface area contributed by atoms with E-state index >= 15 is 0 Å². The zero-order valence-corrected chi connectivity index (χ0v) is 21.6. The Morgan fingerprint density at radius 3 is 1.49 bits per heavy atom. The number of hydrogen-bond acceptors (Lipinski definition) is 9. The Hall–Kier alpha value is -5.18. The minimum Gasteiger partial charge on any atom is -0.492 e. The van der Waals surface area contributed by atoms with E-state index in [-0.39, 0.29) is 0 Å². The fourth-order valence-electron chi connectivity index (χ4n) is 3.73. The first-order chi connectivity index (χ1) is 19.2. The van der Waals surface area contributed by atoms with Gasteiger partial charge in [-0.25, -0.2) is 9.97 Å². The topological polar surface area (TPSA) is 107 Å². The highest BCUT2D eigenvalue weighted by atomic mass is 16.5. The molecule has 9 heteroatoms. The summed E-state index contributed by atoms with van der Waals surface area (Å²) >= 11 is 0. The minimum atomic E-state index is 0.489. The molecule has 39 heavy (non-hydrogen) atoms. The smallest absolute Gasteiger partial charge is 0.174 e. The second-order valence-electron chi connectivity index (χ2n) is 8.17. The molecule has 194 valence electrons. The molecule has 2 aromatic carbocycles. The molecular weight excluding hydrogens is 492 g/mol. The summed E-state index contributed by atoms with van der Waals surface area (Å²) in [5, 5.41) is 17.1. The molecule has 0 amide bonds. The van der Waals surface area contributed by atoms with Crippen molar-refractivity contribution in [1.82, 2.24) is 9.97 Å². The van der Waals surface area contributed by atoms with Crippen LogP contribution in [0.1, 0.15) is 13.8 Å². The standard InChI is InChI=1S/C30H26N6O3/c1-3-37-27-19-21(11-13-23(27)33-35-29-9-5-7-17-31-29)25-15-16-26(39-25)22-12-14-24(28(20-22)38-4-2)34-36-30-10-6-8-18-32-30/h5-20H,3-4H2,1-2H3. The van der Waals surface area contributed by atoms with E-state index in [1.165, 1.54) is 0 Å². The van der Waals surface area contributed by atoms with E-state index in [4.69, 9.17) is 13.9 Å². The average molecular weight is 519 g/mol. The molecule has 3 aromatic heterocycles. The molecule has 0 radical (unpaired) electrons. The quantitative estimate of drug-likeness (QED) is 0.171. The zero-order chi connectivity index (χ0) is 26.9. The molecule has 5 aromatic rings. The van der Waals surface area contributed by atoms with Gasteiger partial charge < -0.3 is 13.9 Å². The molecule has 0 aliphatic carbocycles. The van der Waals surface area contributed by atoms with Gasteiger partial charge in [0, 0.05) is 23.5 Å². The largest absolute Gasteiger partial charge is 0.492 e. The third-order valence-electron chi connectivity index (χ3n) is 5.51. The third kappa shape index (κ3) is 6.40. The van der Waals surface area contributed by atoms with Crippen molar-refractivity contribution in [3.05, 3.63) is 97.3 Å². The Kier molecular flexibility index (Phi) is 8.08. The highest BCUT2D eigenvalue weighted by Gasteiger charge is 2.13. The number of rotatable bonds is 10. The Bertz CT molecular complexity index is 1470. The van der Waals surface area contributed by atoms with Gasteiger partial charge in [0.15, 0.2) is 11.6 Å². The molecule has 9 nitrogen and oxygen atoms in total. The summed E-state index contributed by atoms with van der Waals surface area (Å²) < 4.78 is 17.9. The summed E-state index contributed by atoms with van der Waals surface area (Å²) in [5.74, 6) is 3.64. The molecule has 0 saturated heterocycles. The average Bonchev–Trinajstić information content (AvgIpc) is 3.48. The minimum absolute atomic E-state index is 0.489. The lowest BCUT2D eigenvalue weighted by Crippen LogP contribution is -1.92. The summed E-state index contributed by atoms with van der Waals surface area (Å²) in [7, 11) is 0. The highest BCUT2D eigenvalue weighted by Crippen LogP contribution is 2.38. The number of aromatic nitrogens is 2. The van der Waals surface area contributed by atoms with Crippen molar-refractivity contribution in [2.45, 2.75) is 13.8 Å². The Labute approximate surface area is 225 Å². The van der Waals surface area contributed by atoms with Crippen LogP contribution in [0.4, 0.5) is 23.0 Å². The second-order valence-corrected chi connectivity index (χ2v) is 8.17. The van der Waals surface area contributed by atoms with Crippen LogP contribution in [0, 0.1) is 0 Å². The molecule has 0 N–H and O–H groups in total. The van der Waals surface area contributed by atoms with Crippen LogP contribution in [0.3, 0.4) is 0 Å². The predicted octanol–water partition coefficient (Wildman–Crippen LogP) is 9.03. The van der Waals surface area contributed by atoms with E-state index in [0.717, 1.165) is 11.1 Å². The first kappa shape index (κ1) is 25.5. The monoisotopic (exact) mass is 518 g/mol. The molecule has 0 fully saturated rings. The molecule has 0 unspecified atom stereocenters. The Morgan fingerprint density at radius 2 is 1.08 bits per heavy atom. The summed E-state index contributed by atoms with van der Waals surface area (Å²) in [5.41, 5.74) is 2.92. The summed E-state index contributed by atoms with van der Waals surface area (Å²) in [6, 6.07) is 26.1. The van der Waals surface area contributed by atoms with Gasteiger partial charge in [-0.15, -0.1) is 20.5 Å². The van der Waals surface area contributed by atoms with E-state index in [1.807, 2.05) is 86.6 Å². The maximum Gasteiger partial charge on any atom is 0.174 e. The van der Waals surface area contributed by atoms with Gasteiger partial charge in [0.2, 0.25) is 0 Å². The molecule has 0 spiro atoms. The van der Waals surface area contributed by atoms with E-state index in [9.17, 15) is 0 Å². The van der Waals surface area contributed by atoms with Crippen LogP contribution < -0.4 is 9.47 Å². The summed E-state index contributed by atoms with van der Waals surface area (Å²) in [6.07, 6.45) is 3.35. The molecule has 5 rings (SSSR count). The fraction of sp³-hybridized carbons (Fsp3) is 0.133. The number of azo groups is 2. The van der Waals surface area contributed by atoms with Gasteiger partial charge in [0.1, 0.15) is 34.4 Å². The maximum atomic E-state index is 6.22. The molecular formula is C30H26N6O3. The molecule has 0 bridgehead atoms. The third-order valence-corrected chi connectivity index (χ3v) is 5.51. The van der Waals surface area contributed by atoms with Crippen LogP contribution in [0.25, 0.3) is 22.6 Å². The van der Waals surface area contributed by atoms with Crippen LogP contribution in [0.2, 0.25) is 0 Å². The zero-order valence-electron chi connectivity index (χ0n) is 21.6. The fourth-order valence-corrected chi connectivity index (χ4v) is 3.73. The van der Waals surface area contributed by atoms with Crippen LogP contribution in [0.5, 0.6) is 11.5 Å². The Morgan fingerprint density at radius 1 is 0.590 bits per heavy atom. The van der Waals surface area contributed by atoms with Crippen LogP contribution in [0.15, 0.2) is 122 Å². The number of pyridine rings is 2. The van der Waals surface area contributed by atoms with E-state index in [0.29, 0.717) is 59.2 Å². The van der Waals surface area contributed by atoms with Gasteiger partial charge in [-0.2, -0.15) is 0 Å². The van der Waals surface area contributed by atoms with E-state index in [1.54, 1.807) is 24.5 Å². The van der Waals surface area contributed by atoms with Gasteiger partial charge in [-0.3, -0.25) is 0 Å². The van der Waals surface area contributed by atoms with Crippen LogP contribution in [-0.2, 0) is 0 Å². The molecule has 0 aliphatic heterocycles. The molecule has 0 atom stereocenters.